The highest BCUT2D eigenvalue weighted by Gasteiger charge is 1.80. The standard InChI is InChI=1S/C6H4N2O/c7-5-8-3-1-6(9)2-4-8/h1-4H. The lowest BCUT2D eigenvalue weighted by molar-refractivity contribution is 1.06. The van der Waals surface area contributed by atoms with Gasteiger partial charge in [0, 0.05) is 24.5 Å². The predicted octanol–water partition coefficient (Wildman–Crippen LogP) is 0.177. The van der Waals surface area contributed by atoms with Gasteiger partial charge in [0.1, 0.15) is 0 Å². The van der Waals surface area contributed by atoms with Crippen LogP contribution in [0.2, 0.25) is 0 Å². The van der Waals surface area contributed by atoms with E-state index in [9.17, 15) is 4.79 Å². The van der Waals surface area contributed by atoms with Gasteiger partial charge in [0.05, 0.1) is 0 Å². The van der Waals surface area contributed by atoms with Crippen molar-refractivity contribution >= 4 is 0 Å². The second-order valence-electron chi connectivity index (χ2n) is 1.54. The lowest BCUT2D eigenvalue weighted by Crippen LogP contribution is -1.98. The summed E-state index contributed by atoms with van der Waals surface area (Å²) in [7, 11) is 0. The van der Waals surface area contributed by atoms with Crippen LogP contribution in [0.3, 0.4) is 0 Å². The Morgan fingerprint density at radius 1 is 1.44 bits per heavy atom. The average Bonchev–Trinajstić information content (AvgIpc) is 1.90. The molecule has 0 unspecified atom stereocenters. The molecule has 3 heteroatoms. The van der Waals surface area contributed by atoms with Crippen LogP contribution in [0.5, 0.6) is 0 Å². The van der Waals surface area contributed by atoms with Crippen LogP contribution in [0.1, 0.15) is 0 Å². The minimum Gasteiger partial charge on any atom is -0.290 e. The highest BCUT2D eigenvalue weighted by molar-refractivity contribution is 4.98. The van der Waals surface area contributed by atoms with Crippen molar-refractivity contribution in [2.24, 2.45) is 0 Å². The van der Waals surface area contributed by atoms with Crippen LogP contribution in [0.15, 0.2) is 29.3 Å². The fourth-order valence-electron chi connectivity index (χ4n) is 0.479. The maximum absolute atomic E-state index is 10.4. The minimum absolute atomic E-state index is 0.0819. The van der Waals surface area contributed by atoms with Crippen molar-refractivity contribution < 1.29 is 0 Å². The Labute approximate surface area is 51.8 Å². The van der Waals surface area contributed by atoms with Crippen molar-refractivity contribution in [2.75, 3.05) is 0 Å². The summed E-state index contributed by atoms with van der Waals surface area (Å²) in [4.78, 5) is 10.4. The second-order valence-corrected chi connectivity index (χ2v) is 1.54. The van der Waals surface area contributed by atoms with Gasteiger partial charge in [-0.1, -0.05) is 0 Å². The molecular formula is C6H4N2O. The van der Waals surface area contributed by atoms with Gasteiger partial charge < -0.3 is 0 Å². The van der Waals surface area contributed by atoms with Crippen molar-refractivity contribution in [3.05, 3.63) is 34.7 Å². The quantitative estimate of drug-likeness (QED) is 0.490. The van der Waals surface area contributed by atoms with Crippen molar-refractivity contribution in [3.63, 3.8) is 0 Å². The Kier molecular flexibility index (Phi) is 1.32. The Balaban J connectivity index is 3.21. The summed E-state index contributed by atoms with van der Waals surface area (Å²) < 4.78 is 1.25. The topological polar surface area (TPSA) is 45.8 Å². The van der Waals surface area contributed by atoms with Crippen LogP contribution in [-0.4, -0.2) is 4.57 Å². The summed E-state index contributed by atoms with van der Waals surface area (Å²) >= 11 is 0. The predicted molar refractivity (Wildman–Crippen MR) is 31.7 cm³/mol. The Morgan fingerprint density at radius 2 is 2.00 bits per heavy atom. The summed E-state index contributed by atoms with van der Waals surface area (Å²) in [5.74, 6) is 0. The van der Waals surface area contributed by atoms with Gasteiger partial charge in [-0.2, -0.15) is 5.26 Å². The van der Waals surface area contributed by atoms with Crippen LogP contribution in [0.25, 0.3) is 0 Å². The fourth-order valence-corrected chi connectivity index (χ4v) is 0.479. The molecule has 0 aromatic carbocycles. The third-order valence-corrected chi connectivity index (χ3v) is 0.914. The minimum atomic E-state index is -0.0819. The highest BCUT2D eigenvalue weighted by Crippen LogP contribution is 1.76. The zero-order valence-corrected chi connectivity index (χ0v) is 4.61. The third-order valence-electron chi connectivity index (χ3n) is 0.914. The molecular weight excluding hydrogens is 116 g/mol. The molecule has 0 aliphatic rings. The molecule has 0 aliphatic heterocycles. The van der Waals surface area contributed by atoms with Gasteiger partial charge in [-0.3, -0.25) is 9.36 Å². The van der Waals surface area contributed by atoms with Crippen LogP contribution >= 0.6 is 0 Å². The van der Waals surface area contributed by atoms with Gasteiger partial charge in [0.25, 0.3) is 0 Å². The van der Waals surface area contributed by atoms with Gasteiger partial charge in [-0.15, -0.1) is 0 Å². The molecule has 9 heavy (non-hydrogen) atoms. The number of hydrogen-bond acceptors (Lipinski definition) is 2. The second kappa shape index (κ2) is 2.14. The van der Waals surface area contributed by atoms with Gasteiger partial charge >= 0.3 is 0 Å². The molecule has 0 aliphatic carbocycles. The Bertz CT molecular complexity index is 274. The largest absolute Gasteiger partial charge is 0.290 e. The highest BCUT2D eigenvalue weighted by atomic mass is 16.1. The zero-order chi connectivity index (χ0) is 6.69. The molecule has 0 amide bonds. The lowest BCUT2D eigenvalue weighted by atomic mass is 10.5. The molecule has 1 heterocycles. The van der Waals surface area contributed by atoms with E-state index in [1.54, 1.807) is 0 Å². The van der Waals surface area contributed by atoms with Crippen LogP contribution < -0.4 is 5.43 Å². The first-order valence-electron chi connectivity index (χ1n) is 2.41. The van der Waals surface area contributed by atoms with E-state index in [-0.39, 0.29) is 5.43 Å². The molecule has 0 spiro atoms. The summed E-state index contributed by atoms with van der Waals surface area (Å²) in [6.45, 7) is 0. The Hall–Kier alpha value is -1.56. The van der Waals surface area contributed by atoms with E-state index in [1.165, 1.54) is 29.1 Å². The third kappa shape index (κ3) is 1.16. The summed E-state index contributed by atoms with van der Waals surface area (Å²) in [6, 6.07) is 2.67. The molecule has 0 saturated heterocycles. The molecule has 1 rings (SSSR count). The maximum atomic E-state index is 10.4. The van der Waals surface area contributed by atoms with E-state index in [4.69, 9.17) is 5.26 Å². The van der Waals surface area contributed by atoms with E-state index in [0.717, 1.165) is 0 Å². The first-order valence-corrected chi connectivity index (χ1v) is 2.41. The number of hydrogen-bond donors (Lipinski definition) is 0. The number of rotatable bonds is 0. The normalized spacial score (nSPS) is 8.33. The fraction of sp³-hybridized carbons (Fsp3) is 0. The summed E-state index contributed by atoms with van der Waals surface area (Å²) in [6.07, 6.45) is 4.67. The van der Waals surface area contributed by atoms with E-state index < -0.39 is 0 Å². The molecule has 3 nitrogen and oxygen atoms in total. The van der Waals surface area contributed by atoms with Crippen LogP contribution in [0.4, 0.5) is 0 Å². The van der Waals surface area contributed by atoms with Crippen molar-refractivity contribution in [1.82, 2.24) is 4.57 Å². The first kappa shape index (κ1) is 5.57. The number of aromatic nitrogens is 1. The molecule has 1 aromatic rings. The molecule has 1 aromatic heterocycles. The summed E-state index contributed by atoms with van der Waals surface area (Å²) in [5.41, 5.74) is -0.0819. The lowest BCUT2D eigenvalue weighted by Gasteiger charge is -1.86. The molecule has 0 atom stereocenters. The number of nitrogens with zero attached hydrogens (tertiary/aromatic N) is 2. The SMILES string of the molecule is N#Cn1ccc(=O)cc1. The smallest absolute Gasteiger partial charge is 0.188 e. The van der Waals surface area contributed by atoms with Crippen LogP contribution in [-0.2, 0) is 0 Å². The molecule has 0 radical (unpaired) electrons. The molecule has 0 N–H and O–H groups in total. The van der Waals surface area contributed by atoms with Crippen molar-refractivity contribution in [3.8, 4) is 6.19 Å². The molecule has 0 bridgehead atoms. The zero-order valence-electron chi connectivity index (χ0n) is 4.61. The van der Waals surface area contributed by atoms with E-state index in [1.807, 2.05) is 6.19 Å². The van der Waals surface area contributed by atoms with E-state index >= 15 is 0 Å². The summed E-state index contributed by atoms with van der Waals surface area (Å²) in [5, 5.41) is 8.24. The molecule has 0 saturated carbocycles. The van der Waals surface area contributed by atoms with E-state index in [2.05, 4.69) is 0 Å². The number of pyridine rings is 1. The van der Waals surface area contributed by atoms with Crippen LogP contribution in [0, 0.1) is 11.5 Å². The molecule has 0 fully saturated rings. The monoisotopic (exact) mass is 120 g/mol. The average molecular weight is 120 g/mol. The van der Waals surface area contributed by atoms with Crippen molar-refractivity contribution in [1.29, 1.82) is 5.26 Å². The first-order chi connectivity index (χ1) is 4.33. The maximum Gasteiger partial charge on any atom is 0.188 e. The van der Waals surface area contributed by atoms with Gasteiger partial charge in [-0.05, 0) is 0 Å². The number of nitriles is 1. The van der Waals surface area contributed by atoms with Gasteiger partial charge in [0.15, 0.2) is 11.6 Å². The van der Waals surface area contributed by atoms with E-state index in [0.29, 0.717) is 0 Å². The molecule has 44 valence electrons. The van der Waals surface area contributed by atoms with Crippen molar-refractivity contribution in [2.45, 2.75) is 0 Å². The van der Waals surface area contributed by atoms with Gasteiger partial charge in [-0.25, -0.2) is 0 Å². The Morgan fingerprint density at radius 3 is 2.44 bits per heavy atom. The van der Waals surface area contributed by atoms with Gasteiger partial charge in [0.2, 0.25) is 0 Å².